The SMILES string of the molecule is C=CC[C@H](NC(=O)COC)[C@H](O)CN[C@H]1CC2(C=CC2)Oc2c1cc(CC(C)(C)C)cc2-n1ccnc1. The zero-order valence-corrected chi connectivity index (χ0v) is 22.4. The van der Waals surface area contributed by atoms with Gasteiger partial charge in [-0.3, -0.25) is 4.79 Å². The van der Waals surface area contributed by atoms with E-state index in [-0.39, 0.29) is 29.6 Å². The van der Waals surface area contributed by atoms with Crippen LogP contribution in [0.5, 0.6) is 5.75 Å². The highest BCUT2D eigenvalue weighted by molar-refractivity contribution is 5.77. The molecule has 1 unspecified atom stereocenters. The second-order valence-corrected chi connectivity index (χ2v) is 11.4. The summed E-state index contributed by atoms with van der Waals surface area (Å²) in [5.74, 6) is 0.578. The molecule has 8 nitrogen and oxygen atoms in total. The van der Waals surface area contributed by atoms with Crippen molar-refractivity contribution >= 4 is 5.91 Å². The number of hydrogen-bond acceptors (Lipinski definition) is 6. The summed E-state index contributed by atoms with van der Waals surface area (Å²) in [6, 6.07) is 3.94. The Morgan fingerprint density at radius 3 is 2.81 bits per heavy atom. The molecule has 4 rings (SSSR count). The van der Waals surface area contributed by atoms with Crippen molar-refractivity contribution in [3.63, 3.8) is 0 Å². The van der Waals surface area contributed by atoms with Crippen LogP contribution in [-0.4, -0.2) is 58.6 Å². The van der Waals surface area contributed by atoms with E-state index in [4.69, 9.17) is 9.47 Å². The van der Waals surface area contributed by atoms with Crippen LogP contribution in [0.25, 0.3) is 5.69 Å². The van der Waals surface area contributed by atoms with Crippen LogP contribution in [0.15, 0.2) is 55.7 Å². The molecular weight excluding hydrogens is 468 g/mol. The van der Waals surface area contributed by atoms with Crippen molar-refractivity contribution in [3.05, 3.63) is 66.8 Å². The Kier molecular flexibility index (Phi) is 8.21. The number of amides is 1. The lowest BCUT2D eigenvalue weighted by Crippen LogP contribution is -2.50. The van der Waals surface area contributed by atoms with Crippen molar-refractivity contribution in [2.45, 2.75) is 70.2 Å². The van der Waals surface area contributed by atoms with E-state index in [1.165, 1.54) is 12.7 Å². The van der Waals surface area contributed by atoms with Crippen molar-refractivity contribution < 1.29 is 19.4 Å². The van der Waals surface area contributed by atoms with Gasteiger partial charge in [0.05, 0.1) is 24.2 Å². The molecule has 0 radical (unpaired) electrons. The molecular formula is C29H40N4O4. The van der Waals surface area contributed by atoms with E-state index in [9.17, 15) is 9.90 Å². The molecule has 0 saturated carbocycles. The molecule has 1 spiro atoms. The van der Waals surface area contributed by atoms with Crippen LogP contribution >= 0.6 is 0 Å². The molecule has 1 aliphatic heterocycles. The van der Waals surface area contributed by atoms with Crippen molar-refractivity contribution in [1.29, 1.82) is 0 Å². The molecule has 2 aromatic rings. The first-order valence-electron chi connectivity index (χ1n) is 13.0. The Morgan fingerprint density at radius 1 is 1.43 bits per heavy atom. The molecule has 8 heteroatoms. The maximum atomic E-state index is 12.1. The number of aromatic nitrogens is 2. The maximum Gasteiger partial charge on any atom is 0.246 e. The zero-order chi connectivity index (χ0) is 26.6. The fourth-order valence-electron chi connectivity index (χ4n) is 5.14. The highest BCUT2D eigenvalue weighted by Gasteiger charge is 2.43. The molecule has 0 fully saturated rings. The van der Waals surface area contributed by atoms with Crippen molar-refractivity contribution in [1.82, 2.24) is 20.2 Å². The topological polar surface area (TPSA) is 97.6 Å². The molecule has 1 amide bonds. The minimum Gasteiger partial charge on any atom is -0.480 e. The predicted octanol–water partition coefficient (Wildman–Crippen LogP) is 3.64. The van der Waals surface area contributed by atoms with Gasteiger partial charge in [-0.2, -0.15) is 0 Å². The minimum absolute atomic E-state index is 0.0374. The molecule has 200 valence electrons. The third-order valence-electron chi connectivity index (χ3n) is 6.87. The van der Waals surface area contributed by atoms with Crippen molar-refractivity contribution in [2.24, 2.45) is 5.41 Å². The van der Waals surface area contributed by atoms with Gasteiger partial charge in [-0.1, -0.05) is 39.0 Å². The highest BCUT2D eigenvalue weighted by atomic mass is 16.5. The molecule has 3 N–H and O–H groups in total. The lowest BCUT2D eigenvalue weighted by atomic mass is 9.78. The lowest BCUT2D eigenvalue weighted by Gasteiger charge is -2.45. The maximum absolute atomic E-state index is 12.1. The van der Waals surface area contributed by atoms with Crippen molar-refractivity contribution in [3.8, 4) is 11.4 Å². The Balaban J connectivity index is 1.64. The van der Waals surface area contributed by atoms with Crippen LogP contribution in [-0.2, 0) is 16.0 Å². The first-order valence-corrected chi connectivity index (χ1v) is 13.0. The minimum atomic E-state index is -0.802. The number of imidazole rings is 1. The number of nitrogens with zero attached hydrogens (tertiary/aromatic N) is 2. The summed E-state index contributed by atoms with van der Waals surface area (Å²) >= 11 is 0. The number of ether oxygens (including phenoxy) is 2. The number of aliphatic hydroxyl groups excluding tert-OH is 1. The normalized spacial score (nSPS) is 22.0. The van der Waals surface area contributed by atoms with E-state index in [2.05, 4.69) is 67.3 Å². The van der Waals surface area contributed by atoms with Gasteiger partial charge in [-0.05, 0) is 36.0 Å². The number of rotatable bonds is 11. The number of benzene rings is 1. The molecule has 1 aliphatic carbocycles. The third kappa shape index (κ3) is 6.50. The molecule has 0 bridgehead atoms. The van der Waals surface area contributed by atoms with Gasteiger partial charge in [0.2, 0.25) is 5.91 Å². The third-order valence-corrected chi connectivity index (χ3v) is 6.87. The number of nitrogens with one attached hydrogen (secondary N) is 2. The lowest BCUT2D eigenvalue weighted by molar-refractivity contribution is -0.126. The van der Waals surface area contributed by atoms with Crippen LogP contribution in [0.2, 0.25) is 0 Å². The van der Waals surface area contributed by atoms with Gasteiger partial charge in [0, 0.05) is 50.5 Å². The Morgan fingerprint density at radius 2 is 2.22 bits per heavy atom. The summed E-state index contributed by atoms with van der Waals surface area (Å²) in [5.41, 5.74) is 3.02. The Hall–Kier alpha value is -2.94. The van der Waals surface area contributed by atoms with E-state index in [1.807, 2.05) is 10.8 Å². The predicted molar refractivity (Wildman–Crippen MR) is 144 cm³/mol. The molecule has 2 heterocycles. The quantitative estimate of drug-likeness (QED) is 0.401. The Labute approximate surface area is 219 Å². The smallest absolute Gasteiger partial charge is 0.246 e. The number of aliphatic hydroxyl groups is 1. The first-order chi connectivity index (χ1) is 17.6. The molecule has 1 aromatic carbocycles. The largest absolute Gasteiger partial charge is 0.480 e. The van der Waals surface area contributed by atoms with Gasteiger partial charge in [-0.15, -0.1) is 6.58 Å². The summed E-state index contributed by atoms with van der Waals surface area (Å²) in [6.07, 6.45) is 13.6. The fourth-order valence-corrected chi connectivity index (χ4v) is 5.14. The summed E-state index contributed by atoms with van der Waals surface area (Å²) in [7, 11) is 1.47. The van der Waals surface area contributed by atoms with E-state index >= 15 is 0 Å². The van der Waals surface area contributed by atoms with Crippen LogP contribution in [0.3, 0.4) is 0 Å². The standard InChI is InChI=1S/C29H40N4O4/c1-6-8-22(32-26(35)18-36-5)25(34)17-31-23-16-29(9-7-10-29)37-27-21(23)13-20(15-28(2,3)4)14-24(27)33-12-11-30-19-33/h6-7,9,11-14,19,22-23,25,31,34H,1,8,10,15-18H2,2-5H3,(H,32,35)/t22-,23-,25+,29?/m0/s1. The van der Waals surface area contributed by atoms with E-state index in [0.29, 0.717) is 13.0 Å². The summed E-state index contributed by atoms with van der Waals surface area (Å²) in [4.78, 5) is 16.4. The molecule has 0 saturated heterocycles. The van der Waals surface area contributed by atoms with Crippen LogP contribution in [0, 0.1) is 5.41 Å². The van der Waals surface area contributed by atoms with E-state index in [0.717, 1.165) is 36.3 Å². The second kappa shape index (κ2) is 11.2. The van der Waals surface area contributed by atoms with Crippen LogP contribution < -0.4 is 15.4 Å². The van der Waals surface area contributed by atoms with Gasteiger partial charge >= 0.3 is 0 Å². The highest BCUT2D eigenvalue weighted by Crippen LogP contribution is 2.48. The number of methoxy groups -OCH3 is 1. The number of carbonyl (C=O) groups excluding carboxylic acids is 1. The number of carbonyl (C=O) groups is 1. The molecule has 4 atom stereocenters. The van der Waals surface area contributed by atoms with Gasteiger partial charge < -0.3 is 29.8 Å². The Bertz CT molecular complexity index is 1120. The average Bonchev–Trinajstić information content (AvgIpc) is 3.34. The summed E-state index contributed by atoms with van der Waals surface area (Å²) in [6.45, 7) is 10.7. The number of fused-ring (bicyclic) bond motifs is 1. The van der Waals surface area contributed by atoms with Crippen LogP contribution in [0.1, 0.15) is 57.2 Å². The average molecular weight is 509 g/mol. The first kappa shape index (κ1) is 27.1. The zero-order valence-electron chi connectivity index (χ0n) is 22.4. The van der Waals surface area contributed by atoms with E-state index in [1.54, 1.807) is 18.6 Å². The monoisotopic (exact) mass is 508 g/mol. The molecule has 1 aromatic heterocycles. The second-order valence-electron chi connectivity index (χ2n) is 11.4. The van der Waals surface area contributed by atoms with Gasteiger partial charge in [0.1, 0.15) is 18.0 Å². The van der Waals surface area contributed by atoms with Crippen LogP contribution in [0.4, 0.5) is 0 Å². The van der Waals surface area contributed by atoms with Gasteiger partial charge in [0.25, 0.3) is 0 Å². The van der Waals surface area contributed by atoms with E-state index < -0.39 is 12.1 Å². The van der Waals surface area contributed by atoms with Crippen molar-refractivity contribution in [2.75, 3.05) is 20.3 Å². The van der Waals surface area contributed by atoms with Gasteiger partial charge in [0.15, 0.2) is 0 Å². The molecule has 37 heavy (non-hydrogen) atoms. The van der Waals surface area contributed by atoms with Gasteiger partial charge in [-0.25, -0.2) is 4.98 Å². The molecule has 2 aliphatic rings. The summed E-state index contributed by atoms with van der Waals surface area (Å²) in [5, 5.41) is 17.5. The number of hydrogen-bond donors (Lipinski definition) is 3. The fraction of sp³-hybridized carbons (Fsp3) is 0.517. The summed E-state index contributed by atoms with van der Waals surface area (Å²) < 4.78 is 13.6.